The number of nitrogens with zero attached hydrogens (tertiary/aromatic N) is 1. The largest absolute Gasteiger partial charge is 0.325 e. The van der Waals surface area contributed by atoms with Crippen molar-refractivity contribution >= 4 is 60.7 Å². The van der Waals surface area contributed by atoms with Crippen molar-refractivity contribution in [3.05, 3.63) is 92.9 Å². The SMILES string of the molecule is O=C(CN(Cc1ccc(Cl)c(Cl)c1)S(=O)(=O)c1ccccc1)Nc1cccc(Br)c1. The molecule has 1 amide bonds. The number of carbonyl (C=O) groups is 1. The van der Waals surface area contributed by atoms with Gasteiger partial charge in [-0.3, -0.25) is 4.79 Å². The summed E-state index contributed by atoms with van der Waals surface area (Å²) in [7, 11) is -3.93. The zero-order valence-corrected chi connectivity index (χ0v) is 19.5. The van der Waals surface area contributed by atoms with Gasteiger partial charge in [0.05, 0.1) is 21.5 Å². The van der Waals surface area contributed by atoms with Crippen LogP contribution in [0.25, 0.3) is 0 Å². The molecule has 0 saturated carbocycles. The molecular weight excluding hydrogens is 511 g/mol. The molecule has 5 nitrogen and oxygen atoms in total. The minimum Gasteiger partial charge on any atom is -0.325 e. The quantitative estimate of drug-likeness (QED) is 0.435. The second-order valence-corrected chi connectivity index (χ2v) is 10.1. The number of benzene rings is 3. The van der Waals surface area contributed by atoms with Crippen LogP contribution in [-0.2, 0) is 21.4 Å². The van der Waals surface area contributed by atoms with Crippen LogP contribution in [0.2, 0.25) is 10.0 Å². The third-order valence-corrected chi connectivity index (χ3v) is 7.19. The van der Waals surface area contributed by atoms with Crippen LogP contribution in [0, 0.1) is 0 Å². The Morgan fingerprint density at radius 3 is 2.33 bits per heavy atom. The summed E-state index contributed by atoms with van der Waals surface area (Å²) >= 11 is 15.4. The first-order chi connectivity index (χ1) is 14.3. The van der Waals surface area contributed by atoms with Crippen LogP contribution in [-0.4, -0.2) is 25.2 Å². The van der Waals surface area contributed by atoms with Crippen molar-refractivity contribution in [1.29, 1.82) is 0 Å². The van der Waals surface area contributed by atoms with Crippen molar-refractivity contribution in [3.63, 3.8) is 0 Å². The van der Waals surface area contributed by atoms with Crippen molar-refractivity contribution in [2.75, 3.05) is 11.9 Å². The maximum Gasteiger partial charge on any atom is 0.243 e. The van der Waals surface area contributed by atoms with Crippen molar-refractivity contribution in [2.24, 2.45) is 0 Å². The van der Waals surface area contributed by atoms with E-state index in [0.717, 1.165) is 8.78 Å². The van der Waals surface area contributed by atoms with Gasteiger partial charge < -0.3 is 5.32 Å². The molecule has 156 valence electrons. The lowest BCUT2D eigenvalue weighted by Crippen LogP contribution is -2.37. The van der Waals surface area contributed by atoms with Gasteiger partial charge in [-0.25, -0.2) is 8.42 Å². The first kappa shape index (κ1) is 22.8. The highest BCUT2D eigenvalue weighted by atomic mass is 79.9. The first-order valence-electron chi connectivity index (χ1n) is 8.80. The Hall–Kier alpha value is -1.90. The molecule has 3 aromatic carbocycles. The Bertz CT molecular complexity index is 1160. The number of halogens is 3. The van der Waals surface area contributed by atoms with Crippen molar-refractivity contribution in [1.82, 2.24) is 4.31 Å². The summed E-state index contributed by atoms with van der Waals surface area (Å²) in [5, 5.41) is 3.40. The van der Waals surface area contributed by atoms with E-state index in [-0.39, 0.29) is 18.0 Å². The fourth-order valence-electron chi connectivity index (χ4n) is 2.74. The number of amides is 1. The van der Waals surface area contributed by atoms with Gasteiger partial charge >= 0.3 is 0 Å². The van der Waals surface area contributed by atoms with Crippen LogP contribution < -0.4 is 5.32 Å². The van der Waals surface area contributed by atoms with Crippen molar-refractivity contribution in [3.8, 4) is 0 Å². The smallest absolute Gasteiger partial charge is 0.243 e. The van der Waals surface area contributed by atoms with E-state index in [4.69, 9.17) is 23.2 Å². The highest BCUT2D eigenvalue weighted by Gasteiger charge is 2.27. The number of rotatable bonds is 7. The first-order valence-corrected chi connectivity index (χ1v) is 11.8. The molecule has 0 atom stereocenters. The molecule has 3 aromatic rings. The molecular formula is C21H17BrCl2N2O3S. The second kappa shape index (κ2) is 9.94. The minimum absolute atomic E-state index is 0.0416. The Morgan fingerprint density at radius 2 is 1.67 bits per heavy atom. The van der Waals surface area contributed by atoms with Crippen LogP contribution in [0.1, 0.15) is 5.56 Å². The van der Waals surface area contributed by atoms with Gasteiger partial charge in [0, 0.05) is 16.7 Å². The molecule has 3 rings (SSSR count). The summed E-state index contributed by atoms with van der Waals surface area (Å²) < 4.78 is 28.3. The zero-order valence-electron chi connectivity index (χ0n) is 15.6. The summed E-state index contributed by atoms with van der Waals surface area (Å²) in [5.74, 6) is -0.465. The van der Waals surface area contributed by atoms with E-state index < -0.39 is 15.9 Å². The zero-order chi connectivity index (χ0) is 21.7. The van der Waals surface area contributed by atoms with Crippen LogP contribution in [0.3, 0.4) is 0 Å². The second-order valence-electron chi connectivity index (χ2n) is 6.39. The maximum atomic E-state index is 13.2. The summed E-state index contributed by atoms with van der Waals surface area (Å²) in [6, 6.07) is 19.9. The molecule has 0 aliphatic rings. The summed E-state index contributed by atoms with van der Waals surface area (Å²) in [5.41, 5.74) is 1.17. The van der Waals surface area contributed by atoms with E-state index in [9.17, 15) is 13.2 Å². The number of anilines is 1. The Kier molecular flexibility index (Phi) is 7.55. The molecule has 0 saturated heterocycles. The topological polar surface area (TPSA) is 66.5 Å². The van der Waals surface area contributed by atoms with Gasteiger partial charge in [-0.1, -0.05) is 69.5 Å². The Labute approximate surface area is 193 Å². The molecule has 30 heavy (non-hydrogen) atoms. The van der Waals surface area contributed by atoms with E-state index in [1.165, 1.54) is 12.1 Å². The predicted octanol–water partition coefficient (Wildman–Crippen LogP) is 5.59. The monoisotopic (exact) mass is 526 g/mol. The fraction of sp³-hybridized carbons (Fsp3) is 0.0952. The van der Waals surface area contributed by atoms with Gasteiger partial charge in [-0.05, 0) is 48.0 Å². The summed E-state index contributed by atoms with van der Waals surface area (Å²) in [4.78, 5) is 12.7. The average molecular weight is 528 g/mol. The van der Waals surface area contributed by atoms with Crippen molar-refractivity contribution < 1.29 is 13.2 Å². The average Bonchev–Trinajstić information content (AvgIpc) is 2.71. The Balaban J connectivity index is 1.88. The molecule has 0 spiro atoms. The number of nitrogens with one attached hydrogen (secondary N) is 1. The summed E-state index contributed by atoms with van der Waals surface area (Å²) in [6.45, 7) is -0.413. The number of sulfonamides is 1. The highest BCUT2D eigenvalue weighted by Crippen LogP contribution is 2.25. The number of hydrogen-bond acceptors (Lipinski definition) is 3. The third kappa shape index (κ3) is 5.83. The summed E-state index contributed by atoms with van der Waals surface area (Å²) in [6.07, 6.45) is 0. The van der Waals surface area contributed by atoms with E-state index >= 15 is 0 Å². The van der Waals surface area contributed by atoms with Crippen LogP contribution in [0.15, 0.2) is 82.2 Å². The molecule has 0 aromatic heterocycles. The lowest BCUT2D eigenvalue weighted by Gasteiger charge is -2.22. The highest BCUT2D eigenvalue weighted by molar-refractivity contribution is 9.10. The predicted molar refractivity (Wildman–Crippen MR) is 123 cm³/mol. The van der Waals surface area contributed by atoms with Gasteiger partial charge in [0.25, 0.3) is 0 Å². The standard InChI is InChI=1S/C21H17BrCl2N2O3S/c22-16-5-4-6-17(12-16)25-21(27)14-26(13-15-9-10-19(23)20(24)11-15)30(28,29)18-7-2-1-3-8-18/h1-12H,13-14H2,(H,25,27). The van der Waals surface area contributed by atoms with Gasteiger partial charge in [-0.15, -0.1) is 0 Å². The Morgan fingerprint density at radius 1 is 0.933 bits per heavy atom. The van der Waals surface area contributed by atoms with Gasteiger partial charge in [0.15, 0.2) is 0 Å². The van der Waals surface area contributed by atoms with Crippen LogP contribution in [0.5, 0.6) is 0 Å². The lowest BCUT2D eigenvalue weighted by atomic mass is 10.2. The number of carbonyl (C=O) groups excluding carboxylic acids is 1. The molecule has 0 aliphatic carbocycles. The minimum atomic E-state index is -3.93. The molecule has 1 N–H and O–H groups in total. The molecule has 0 fully saturated rings. The maximum absolute atomic E-state index is 13.2. The van der Waals surface area contributed by atoms with Gasteiger partial charge in [0.1, 0.15) is 0 Å². The molecule has 9 heteroatoms. The van der Waals surface area contributed by atoms with E-state index in [2.05, 4.69) is 21.2 Å². The van der Waals surface area contributed by atoms with Crippen molar-refractivity contribution in [2.45, 2.75) is 11.4 Å². The van der Waals surface area contributed by atoms with Crippen LogP contribution in [0.4, 0.5) is 5.69 Å². The number of hydrogen-bond donors (Lipinski definition) is 1. The molecule has 0 heterocycles. The van der Waals surface area contributed by atoms with Gasteiger partial charge in [0.2, 0.25) is 15.9 Å². The van der Waals surface area contributed by atoms with E-state index in [1.807, 2.05) is 6.07 Å². The van der Waals surface area contributed by atoms with E-state index in [1.54, 1.807) is 54.6 Å². The molecule has 0 radical (unpaired) electrons. The molecule has 0 aliphatic heterocycles. The third-order valence-electron chi connectivity index (χ3n) is 4.15. The normalized spacial score (nSPS) is 11.5. The van der Waals surface area contributed by atoms with Gasteiger partial charge in [-0.2, -0.15) is 4.31 Å². The van der Waals surface area contributed by atoms with Crippen LogP contribution >= 0.6 is 39.1 Å². The lowest BCUT2D eigenvalue weighted by molar-refractivity contribution is -0.116. The molecule has 0 bridgehead atoms. The van der Waals surface area contributed by atoms with E-state index in [0.29, 0.717) is 21.3 Å². The fourth-order valence-corrected chi connectivity index (χ4v) is 4.86. The molecule has 0 unspecified atom stereocenters.